The molecule has 0 spiro atoms. The third-order valence-electron chi connectivity index (χ3n) is 3.45. The van der Waals surface area contributed by atoms with Crippen molar-refractivity contribution in [3.05, 3.63) is 35.4 Å². The standard InChI is InChI=1S/C14H20N2O2/c1-10-4-2-3-5-12(10)13(17)9-16-14(18)11-6-7-15-8-11/h2-5,11,13,15,17H,6-9H2,1H3,(H,16,18). The summed E-state index contributed by atoms with van der Waals surface area (Å²) in [5.41, 5.74) is 1.92. The molecule has 18 heavy (non-hydrogen) atoms. The van der Waals surface area contributed by atoms with Crippen molar-refractivity contribution < 1.29 is 9.90 Å². The molecule has 0 bridgehead atoms. The summed E-state index contributed by atoms with van der Waals surface area (Å²) in [6, 6.07) is 7.69. The SMILES string of the molecule is Cc1ccccc1C(O)CNC(=O)C1CCNC1. The van der Waals surface area contributed by atoms with E-state index in [2.05, 4.69) is 10.6 Å². The fourth-order valence-corrected chi connectivity index (χ4v) is 2.29. The van der Waals surface area contributed by atoms with Gasteiger partial charge in [0.05, 0.1) is 12.0 Å². The van der Waals surface area contributed by atoms with Gasteiger partial charge in [-0.25, -0.2) is 0 Å². The number of rotatable bonds is 4. The monoisotopic (exact) mass is 248 g/mol. The number of hydrogen-bond donors (Lipinski definition) is 3. The quantitative estimate of drug-likeness (QED) is 0.737. The minimum Gasteiger partial charge on any atom is -0.387 e. The van der Waals surface area contributed by atoms with E-state index in [1.165, 1.54) is 0 Å². The van der Waals surface area contributed by atoms with Gasteiger partial charge in [0, 0.05) is 13.1 Å². The molecule has 4 heteroatoms. The minimum atomic E-state index is -0.635. The van der Waals surface area contributed by atoms with Gasteiger partial charge < -0.3 is 15.7 Å². The average Bonchev–Trinajstić information content (AvgIpc) is 2.90. The zero-order valence-electron chi connectivity index (χ0n) is 10.6. The second-order valence-electron chi connectivity index (χ2n) is 4.81. The summed E-state index contributed by atoms with van der Waals surface area (Å²) < 4.78 is 0. The van der Waals surface area contributed by atoms with E-state index in [9.17, 15) is 9.90 Å². The highest BCUT2D eigenvalue weighted by Gasteiger charge is 2.22. The van der Waals surface area contributed by atoms with Gasteiger partial charge in [-0.05, 0) is 31.0 Å². The summed E-state index contributed by atoms with van der Waals surface area (Å²) in [6.45, 7) is 3.88. The topological polar surface area (TPSA) is 61.4 Å². The number of carbonyl (C=O) groups is 1. The van der Waals surface area contributed by atoms with E-state index in [0.29, 0.717) is 0 Å². The van der Waals surface area contributed by atoms with Crippen LogP contribution in [0.4, 0.5) is 0 Å². The zero-order valence-corrected chi connectivity index (χ0v) is 10.6. The predicted molar refractivity (Wildman–Crippen MR) is 70.1 cm³/mol. The second kappa shape index (κ2) is 5.98. The lowest BCUT2D eigenvalue weighted by atomic mass is 10.0. The summed E-state index contributed by atoms with van der Waals surface area (Å²) in [5, 5.41) is 16.0. The Morgan fingerprint density at radius 3 is 3.00 bits per heavy atom. The molecule has 1 fully saturated rings. The van der Waals surface area contributed by atoms with Crippen LogP contribution >= 0.6 is 0 Å². The molecule has 2 atom stereocenters. The van der Waals surface area contributed by atoms with Crippen LogP contribution in [0.2, 0.25) is 0 Å². The van der Waals surface area contributed by atoms with E-state index >= 15 is 0 Å². The number of carbonyl (C=O) groups excluding carboxylic acids is 1. The Morgan fingerprint density at radius 2 is 2.33 bits per heavy atom. The molecule has 98 valence electrons. The Morgan fingerprint density at radius 1 is 1.56 bits per heavy atom. The Labute approximate surface area is 107 Å². The van der Waals surface area contributed by atoms with Crippen LogP contribution in [0.15, 0.2) is 24.3 Å². The first-order valence-corrected chi connectivity index (χ1v) is 6.40. The van der Waals surface area contributed by atoms with E-state index in [4.69, 9.17) is 0 Å². The molecule has 0 aromatic heterocycles. The van der Waals surface area contributed by atoms with Gasteiger partial charge in [-0.3, -0.25) is 4.79 Å². The van der Waals surface area contributed by atoms with Gasteiger partial charge in [0.15, 0.2) is 0 Å². The van der Waals surface area contributed by atoms with Crippen LogP contribution in [-0.4, -0.2) is 30.6 Å². The number of amides is 1. The van der Waals surface area contributed by atoms with Gasteiger partial charge in [-0.15, -0.1) is 0 Å². The van der Waals surface area contributed by atoms with Crippen LogP contribution in [0.25, 0.3) is 0 Å². The second-order valence-corrected chi connectivity index (χ2v) is 4.81. The molecule has 1 aromatic carbocycles. The van der Waals surface area contributed by atoms with Crippen molar-refractivity contribution in [3.8, 4) is 0 Å². The first-order chi connectivity index (χ1) is 8.68. The summed E-state index contributed by atoms with van der Waals surface area (Å²) in [7, 11) is 0. The Hall–Kier alpha value is -1.39. The van der Waals surface area contributed by atoms with Crippen molar-refractivity contribution in [1.29, 1.82) is 0 Å². The van der Waals surface area contributed by atoms with Crippen LogP contribution in [-0.2, 0) is 4.79 Å². The van der Waals surface area contributed by atoms with E-state index in [0.717, 1.165) is 30.6 Å². The lowest BCUT2D eigenvalue weighted by molar-refractivity contribution is -0.124. The minimum absolute atomic E-state index is 0.0348. The van der Waals surface area contributed by atoms with Crippen molar-refractivity contribution in [2.45, 2.75) is 19.4 Å². The maximum absolute atomic E-state index is 11.8. The number of nitrogens with one attached hydrogen (secondary N) is 2. The van der Waals surface area contributed by atoms with E-state index in [1.54, 1.807) is 0 Å². The molecule has 2 rings (SSSR count). The van der Waals surface area contributed by atoms with Crippen molar-refractivity contribution in [2.75, 3.05) is 19.6 Å². The molecule has 2 unspecified atom stereocenters. The Bertz CT molecular complexity index is 414. The molecule has 1 aliphatic rings. The molecule has 3 N–H and O–H groups in total. The number of aliphatic hydroxyl groups is 1. The highest BCUT2D eigenvalue weighted by atomic mass is 16.3. The average molecular weight is 248 g/mol. The molecular weight excluding hydrogens is 228 g/mol. The summed E-state index contributed by atoms with van der Waals surface area (Å²) in [4.78, 5) is 11.8. The van der Waals surface area contributed by atoms with E-state index in [-0.39, 0.29) is 18.4 Å². The maximum atomic E-state index is 11.8. The fraction of sp³-hybridized carbons (Fsp3) is 0.500. The molecule has 1 heterocycles. The first kappa shape index (κ1) is 13.1. The Balaban J connectivity index is 1.86. The zero-order chi connectivity index (χ0) is 13.0. The summed E-state index contributed by atoms with van der Waals surface area (Å²) in [6.07, 6.45) is 0.247. The van der Waals surface area contributed by atoms with Gasteiger partial charge in [0.2, 0.25) is 5.91 Å². The normalized spacial score (nSPS) is 20.7. The number of hydrogen-bond acceptors (Lipinski definition) is 3. The van der Waals surface area contributed by atoms with E-state index in [1.807, 2.05) is 31.2 Å². The molecule has 1 aromatic rings. The number of aliphatic hydroxyl groups excluding tert-OH is 1. The highest BCUT2D eigenvalue weighted by Crippen LogP contribution is 2.16. The molecule has 0 saturated carbocycles. The fourth-order valence-electron chi connectivity index (χ4n) is 2.29. The molecule has 0 radical (unpaired) electrons. The molecule has 1 saturated heterocycles. The van der Waals surface area contributed by atoms with Crippen LogP contribution in [0.3, 0.4) is 0 Å². The van der Waals surface area contributed by atoms with Gasteiger partial charge in [0.1, 0.15) is 0 Å². The third-order valence-corrected chi connectivity index (χ3v) is 3.45. The van der Waals surface area contributed by atoms with Crippen LogP contribution in [0.1, 0.15) is 23.7 Å². The highest BCUT2D eigenvalue weighted by molar-refractivity contribution is 5.79. The van der Waals surface area contributed by atoms with Gasteiger partial charge in [0.25, 0.3) is 0 Å². The van der Waals surface area contributed by atoms with E-state index < -0.39 is 6.10 Å². The molecule has 1 amide bonds. The van der Waals surface area contributed by atoms with Crippen LogP contribution in [0, 0.1) is 12.8 Å². The van der Waals surface area contributed by atoms with Crippen molar-refractivity contribution in [3.63, 3.8) is 0 Å². The lowest BCUT2D eigenvalue weighted by Gasteiger charge is -2.16. The van der Waals surface area contributed by atoms with Crippen LogP contribution < -0.4 is 10.6 Å². The first-order valence-electron chi connectivity index (χ1n) is 6.40. The van der Waals surface area contributed by atoms with Gasteiger partial charge >= 0.3 is 0 Å². The van der Waals surface area contributed by atoms with Crippen molar-refractivity contribution in [2.24, 2.45) is 5.92 Å². The van der Waals surface area contributed by atoms with Crippen molar-refractivity contribution in [1.82, 2.24) is 10.6 Å². The van der Waals surface area contributed by atoms with Gasteiger partial charge in [-0.2, -0.15) is 0 Å². The van der Waals surface area contributed by atoms with Crippen LogP contribution in [0.5, 0.6) is 0 Å². The number of benzene rings is 1. The van der Waals surface area contributed by atoms with Crippen molar-refractivity contribution >= 4 is 5.91 Å². The molecule has 0 aliphatic carbocycles. The number of aryl methyl sites for hydroxylation is 1. The predicted octanol–water partition coefficient (Wildman–Crippen LogP) is 0.754. The summed E-state index contributed by atoms with van der Waals surface area (Å²) in [5.74, 6) is 0.0849. The third kappa shape index (κ3) is 3.09. The van der Waals surface area contributed by atoms with Gasteiger partial charge in [-0.1, -0.05) is 24.3 Å². The molecule has 1 aliphatic heterocycles. The summed E-state index contributed by atoms with van der Waals surface area (Å²) >= 11 is 0. The molecular formula is C14H20N2O2. The smallest absolute Gasteiger partial charge is 0.224 e. The largest absolute Gasteiger partial charge is 0.387 e. The maximum Gasteiger partial charge on any atom is 0.224 e. The Kier molecular flexibility index (Phi) is 4.33. The lowest BCUT2D eigenvalue weighted by Crippen LogP contribution is -2.34. The molecule has 4 nitrogen and oxygen atoms in total.